The Morgan fingerprint density at radius 3 is 2.31 bits per heavy atom. The lowest BCUT2D eigenvalue weighted by Crippen LogP contribution is -3.00. The number of nitrogens with zero attached hydrogens (tertiary/aromatic N) is 1. The van der Waals surface area contributed by atoms with E-state index in [1.54, 1.807) is 13.0 Å². The van der Waals surface area contributed by atoms with Crippen molar-refractivity contribution in [2.75, 3.05) is 27.7 Å². The molecule has 76 valence electrons. The second-order valence-electron chi connectivity index (χ2n) is 4.22. The van der Waals surface area contributed by atoms with Gasteiger partial charge in [0.2, 0.25) is 0 Å². The zero-order valence-corrected chi connectivity index (χ0v) is 10.7. The Balaban J connectivity index is 0.00000144. The van der Waals surface area contributed by atoms with Crippen LogP contribution in [0.15, 0.2) is 11.8 Å². The second kappa shape index (κ2) is 4.41. The molecule has 1 atom stereocenters. The number of hydrogen-bond acceptors (Lipinski definition) is 2. The summed E-state index contributed by atoms with van der Waals surface area (Å²) in [5, 5.41) is 0. The van der Waals surface area contributed by atoms with Gasteiger partial charge in [0.05, 0.1) is 21.1 Å². The van der Waals surface area contributed by atoms with Gasteiger partial charge in [-0.2, -0.15) is 0 Å². The molecule has 0 aromatic carbocycles. The Kier molecular flexibility index (Phi) is 4.38. The molecule has 1 heterocycles. The average Bonchev–Trinajstić information content (AvgIpc) is 2.07. The molecule has 0 spiro atoms. The molecule has 0 aliphatic carbocycles. The first-order valence-electron chi connectivity index (χ1n) is 4.10. The maximum absolute atomic E-state index is 11.1. The molecule has 0 radical (unpaired) electrons. The fraction of sp³-hybridized carbons (Fsp3) is 0.667. The largest absolute Gasteiger partial charge is 1.00 e. The maximum atomic E-state index is 11.1. The number of hydrogen-bond donors (Lipinski definition) is 0. The lowest BCUT2D eigenvalue weighted by Gasteiger charge is -2.24. The smallest absolute Gasteiger partial charge is 0.199 e. The predicted octanol–water partition coefficient (Wildman–Crippen LogP) is -2.43. The van der Waals surface area contributed by atoms with E-state index >= 15 is 0 Å². The van der Waals surface area contributed by atoms with Gasteiger partial charge in [-0.1, -0.05) is 0 Å². The van der Waals surface area contributed by atoms with Crippen LogP contribution in [-0.2, 0) is 9.53 Å². The first-order chi connectivity index (χ1) is 5.38. The minimum atomic E-state index is -0.272. The van der Waals surface area contributed by atoms with E-state index in [-0.39, 0.29) is 35.9 Å². The Morgan fingerprint density at radius 2 is 2.00 bits per heavy atom. The van der Waals surface area contributed by atoms with E-state index in [9.17, 15) is 4.79 Å². The van der Waals surface area contributed by atoms with Crippen molar-refractivity contribution in [3.05, 3.63) is 11.8 Å². The van der Waals surface area contributed by atoms with Crippen LogP contribution in [0.5, 0.6) is 0 Å². The summed E-state index contributed by atoms with van der Waals surface area (Å²) in [5.74, 6) is 0.887. The molecule has 13 heavy (non-hydrogen) atoms. The highest BCUT2D eigenvalue weighted by Gasteiger charge is 2.25. The highest BCUT2D eigenvalue weighted by atomic mass is 127. The first kappa shape index (κ1) is 12.9. The second-order valence-corrected chi connectivity index (χ2v) is 4.22. The number of quaternary nitrogens is 1. The van der Waals surface area contributed by atoms with Gasteiger partial charge in [-0.15, -0.1) is 0 Å². The minimum Gasteiger partial charge on any atom is -1.00 e. The molecule has 0 bridgehead atoms. The Bertz CT molecular complexity index is 230. The summed E-state index contributed by atoms with van der Waals surface area (Å²) in [6.07, 6.45) is 1.33. The highest BCUT2D eigenvalue weighted by Crippen LogP contribution is 2.15. The van der Waals surface area contributed by atoms with Gasteiger partial charge in [0.1, 0.15) is 6.54 Å². The van der Waals surface area contributed by atoms with E-state index in [4.69, 9.17) is 4.74 Å². The zero-order valence-electron chi connectivity index (χ0n) is 8.50. The molecule has 3 nitrogen and oxygen atoms in total. The van der Waals surface area contributed by atoms with Gasteiger partial charge in [-0.05, 0) is 6.92 Å². The summed E-state index contributed by atoms with van der Waals surface area (Å²) in [6.45, 7) is 2.55. The maximum Gasteiger partial charge on any atom is 0.199 e. The molecule has 1 aliphatic heterocycles. The fourth-order valence-electron chi connectivity index (χ4n) is 1.15. The van der Waals surface area contributed by atoms with Gasteiger partial charge in [-0.25, -0.2) is 0 Å². The van der Waals surface area contributed by atoms with Crippen LogP contribution < -0.4 is 24.0 Å². The molecule has 1 aliphatic rings. The third kappa shape index (κ3) is 4.08. The Labute approximate surface area is 96.4 Å². The minimum absolute atomic E-state index is 0. The van der Waals surface area contributed by atoms with Crippen molar-refractivity contribution in [1.29, 1.82) is 0 Å². The molecule has 1 rings (SSSR count). The van der Waals surface area contributed by atoms with Crippen molar-refractivity contribution in [2.24, 2.45) is 0 Å². The number of carbonyl (C=O) groups is 1. The Morgan fingerprint density at radius 1 is 1.46 bits per heavy atom. The van der Waals surface area contributed by atoms with Crippen LogP contribution >= 0.6 is 0 Å². The first-order valence-corrected chi connectivity index (χ1v) is 4.10. The van der Waals surface area contributed by atoms with Gasteiger partial charge in [-0.3, -0.25) is 4.79 Å². The summed E-state index contributed by atoms with van der Waals surface area (Å²) < 4.78 is 6.13. The summed E-state index contributed by atoms with van der Waals surface area (Å²) in [5.41, 5.74) is 0. The molecule has 0 N–H and O–H groups in total. The van der Waals surface area contributed by atoms with Crippen LogP contribution in [0.4, 0.5) is 0 Å². The highest BCUT2D eigenvalue weighted by molar-refractivity contribution is 5.95. The van der Waals surface area contributed by atoms with E-state index < -0.39 is 0 Å². The van der Waals surface area contributed by atoms with Crippen molar-refractivity contribution in [3.8, 4) is 0 Å². The molecule has 0 fully saturated rings. The van der Waals surface area contributed by atoms with Crippen molar-refractivity contribution in [3.63, 3.8) is 0 Å². The quantitative estimate of drug-likeness (QED) is 0.418. The van der Waals surface area contributed by atoms with E-state index in [0.29, 0.717) is 0 Å². The zero-order chi connectivity index (χ0) is 9.35. The van der Waals surface area contributed by atoms with E-state index in [1.807, 2.05) is 0 Å². The predicted molar refractivity (Wildman–Crippen MR) is 46.5 cm³/mol. The number of rotatable bonds is 2. The standard InChI is InChI=1S/C9H16NO2.HI/c1-7-9(11)5-8(12-7)6-10(2,3)4;/h5,7H,6H2,1-4H3;1H/q+1;/p-1. The van der Waals surface area contributed by atoms with Crippen molar-refractivity contribution in [1.82, 2.24) is 0 Å². The van der Waals surface area contributed by atoms with Gasteiger partial charge in [0.25, 0.3) is 0 Å². The number of ether oxygens (including phenoxy) is 1. The third-order valence-corrected chi connectivity index (χ3v) is 1.66. The fourth-order valence-corrected chi connectivity index (χ4v) is 1.15. The van der Waals surface area contributed by atoms with Gasteiger partial charge in [0, 0.05) is 6.08 Å². The van der Waals surface area contributed by atoms with Crippen molar-refractivity contribution >= 4 is 5.78 Å². The SMILES string of the molecule is CC1OC(C[N+](C)(C)C)=CC1=O.[I-]. The summed E-state index contributed by atoms with van der Waals surface area (Å²) in [4.78, 5) is 11.1. The summed E-state index contributed by atoms with van der Waals surface area (Å²) in [6, 6.07) is 0. The molecule has 0 amide bonds. The molecule has 1 unspecified atom stereocenters. The van der Waals surface area contributed by atoms with Gasteiger partial charge in [0.15, 0.2) is 17.6 Å². The molecular weight excluding hydrogens is 281 g/mol. The van der Waals surface area contributed by atoms with E-state index in [2.05, 4.69) is 21.1 Å². The summed E-state index contributed by atoms with van der Waals surface area (Å²) in [7, 11) is 6.20. The monoisotopic (exact) mass is 297 g/mol. The van der Waals surface area contributed by atoms with Crippen LogP contribution in [0.3, 0.4) is 0 Å². The topological polar surface area (TPSA) is 26.3 Å². The molecule has 0 saturated carbocycles. The number of ketones is 1. The van der Waals surface area contributed by atoms with E-state index in [0.717, 1.165) is 16.8 Å². The third-order valence-electron chi connectivity index (χ3n) is 1.66. The van der Waals surface area contributed by atoms with Gasteiger partial charge >= 0.3 is 0 Å². The average molecular weight is 297 g/mol. The van der Waals surface area contributed by atoms with Gasteiger partial charge < -0.3 is 33.2 Å². The van der Waals surface area contributed by atoms with E-state index in [1.165, 1.54) is 0 Å². The molecule has 4 heteroatoms. The van der Waals surface area contributed by atoms with Crippen LogP contribution in [0.2, 0.25) is 0 Å². The lowest BCUT2D eigenvalue weighted by atomic mass is 10.3. The van der Waals surface area contributed by atoms with Crippen LogP contribution in [0.25, 0.3) is 0 Å². The lowest BCUT2D eigenvalue weighted by molar-refractivity contribution is -0.866. The molecule has 0 saturated heterocycles. The molecule has 0 aromatic rings. The molecule has 0 aromatic heterocycles. The Hall–Kier alpha value is -0.100. The van der Waals surface area contributed by atoms with Crippen molar-refractivity contribution < 1.29 is 38.0 Å². The van der Waals surface area contributed by atoms with Crippen LogP contribution in [0.1, 0.15) is 6.92 Å². The van der Waals surface area contributed by atoms with Crippen molar-refractivity contribution in [2.45, 2.75) is 13.0 Å². The van der Waals surface area contributed by atoms with Crippen LogP contribution in [0, 0.1) is 0 Å². The number of carbonyl (C=O) groups excluding carboxylic acids is 1. The molecular formula is C9H16INO2. The normalized spacial score (nSPS) is 22.0. The summed E-state index contributed by atoms with van der Waals surface area (Å²) >= 11 is 0. The van der Waals surface area contributed by atoms with Crippen LogP contribution in [-0.4, -0.2) is 44.1 Å². The number of halogens is 1. The number of likely N-dealkylation sites (N-methyl/N-ethyl adjacent to an activating group) is 1.